The van der Waals surface area contributed by atoms with Crippen LogP contribution < -0.4 is 16.4 Å². The first-order valence-electron chi connectivity index (χ1n) is 6.49. The van der Waals surface area contributed by atoms with Crippen molar-refractivity contribution in [3.05, 3.63) is 29.8 Å². The van der Waals surface area contributed by atoms with Crippen LogP contribution in [0.4, 0.5) is 5.69 Å². The van der Waals surface area contributed by atoms with E-state index in [0.717, 1.165) is 31.5 Å². The molecule has 0 atom stereocenters. The summed E-state index contributed by atoms with van der Waals surface area (Å²) in [6.45, 7) is 1.93. The molecule has 1 amide bonds. The molecule has 0 unspecified atom stereocenters. The molecule has 4 N–H and O–H groups in total. The van der Waals surface area contributed by atoms with Crippen LogP contribution in [0.15, 0.2) is 24.3 Å². The Balaban J connectivity index is 1.94. The monoisotopic (exact) mass is 277 g/mol. The molecule has 19 heavy (non-hydrogen) atoms. The number of thiocarbonyl (C=S) groups is 1. The number of benzene rings is 1. The van der Waals surface area contributed by atoms with Crippen LogP contribution in [-0.2, 0) is 4.79 Å². The first-order chi connectivity index (χ1) is 9.06. The zero-order chi connectivity index (χ0) is 13.8. The molecule has 1 saturated heterocycles. The van der Waals surface area contributed by atoms with E-state index in [0.29, 0.717) is 17.3 Å². The molecule has 2 rings (SSSR count). The number of carbonyl (C=O) groups excluding carboxylic acids is 1. The molecule has 5 heteroatoms. The van der Waals surface area contributed by atoms with Crippen molar-refractivity contribution in [1.29, 1.82) is 0 Å². The van der Waals surface area contributed by atoms with Gasteiger partial charge in [-0.2, -0.15) is 0 Å². The molecule has 1 aromatic carbocycles. The highest BCUT2D eigenvalue weighted by atomic mass is 32.1. The van der Waals surface area contributed by atoms with Crippen LogP contribution in [0, 0.1) is 5.92 Å². The smallest absolute Gasteiger partial charge is 0.217 e. The molecule has 1 aromatic rings. The average molecular weight is 277 g/mol. The van der Waals surface area contributed by atoms with Crippen LogP contribution >= 0.6 is 12.2 Å². The Labute approximate surface area is 118 Å². The van der Waals surface area contributed by atoms with Gasteiger partial charge in [-0.25, -0.2) is 0 Å². The van der Waals surface area contributed by atoms with Gasteiger partial charge in [-0.15, -0.1) is 0 Å². The van der Waals surface area contributed by atoms with E-state index in [4.69, 9.17) is 23.7 Å². The van der Waals surface area contributed by atoms with E-state index in [9.17, 15) is 4.79 Å². The van der Waals surface area contributed by atoms with E-state index >= 15 is 0 Å². The van der Waals surface area contributed by atoms with Gasteiger partial charge in [0.2, 0.25) is 5.91 Å². The second-order valence-electron chi connectivity index (χ2n) is 5.01. The topological polar surface area (TPSA) is 72.4 Å². The van der Waals surface area contributed by atoms with Crippen molar-refractivity contribution in [1.82, 2.24) is 0 Å². The minimum absolute atomic E-state index is 0.195. The number of amides is 1. The Morgan fingerprint density at radius 2 is 1.79 bits per heavy atom. The number of hydrogen-bond acceptors (Lipinski definition) is 3. The van der Waals surface area contributed by atoms with Crippen molar-refractivity contribution >= 4 is 28.8 Å². The number of carbonyl (C=O) groups is 1. The maximum atomic E-state index is 10.9. The van der Waals surface area contributed by atoms with Gasteiger partial charge in [0.25, 0.3) is 0 Å². The second kappa shape index (κ2) is 6.02. The molecule has 0 spiro atoms. The SMILES string of the molecule is NC(=O)CC1CCN(c2ccc(C(N)=S)cc2)CC1. The lowest BCUT2D eigenvalue weighted by Gasteiger charge is -2.33. The summed E-state index contributed by atoms with van der Waals surface area (Å²) in [6, 6.07) is 7.99. The number of piperidine rings is 1. The molecular weight excluding hydrogens is 258 g/mol. The van der Waals surface area contributed by atoms with Gasteiger partial charge in [-0.3, -0.25) is 4.79 Å². The van der Waals surface area contributed by atoms with Gasteiger partial charge in [0.05, 0.1) is 0 Å². The fourth-order valence-electron chi connectivity index (χ4n) is 2.52. The minimum atomic E-state index is -0.195. The number of nitrogens with zero attached hydrogens (tertiary/aromatic N) is 1. The lowest BCUT2D eigenvalue weighted by Crippen LogP contribution is -2.35. The van der Waals surface area contributed by atoms with E-state index < -0.39 is 0 Å². The molecule has 4 nitrogen and oxygen atoms in total. The number of nitrogens with two attached hydrogens (primary N) is 2. The Bertz CT molecular complexity index is 464. The predicted octanol–water partition coefficient (Wildman–Crippen LogP) is 1.41. The Morgan fingerprint density at radius 1 is 1.21 bits per heavy atom. The minimum Gasteiger partial charge on any atom is -0.389 e. The Morgan fingerprint density at radius 3 is 2.26 bits per heavy atom. The predicted molar refractivity (Wildman–Crippen MR) is 81.1 cm³/mol. The van der Waals surface area contributed by atoms with Crippen LogP contribution in [0.1, 0.15) is 24.8 Å². The molecule has 0 radical (unpaired) electrons. The standard InChI is InChI=1S/C14H19N3OS/c15-13(18)9-10-5-7-17(8-6-10)12-3-1-11(2-4-12)14(16)19/h1-4,10H,5-9H2,(H2,15,18)(H2,16,19). The van der Waals surface area contributed by atoms with Gasteiger partial charge in [-0.1, -0.05) is 12.2 Å². The summed E-state index contributed by atoms with van der Waals surface area (Å²) < 4.78 is 0. The summed E-state index contributed by atoms with van der Waals surface area (Å²) in [6.07, 6.45) is 2.54. The molecule has 1 aliphatic rings. The van der Waals surface area contributed by atoms with Gasteiger partial charge in [0.1, 0.15) is 4.99 Å². The van der Waals surface area contributed by atoms with E-state index in [1.54, 1.807) is 0 Å². The number of primary amides is 1. The van der Waals surface area contributed by atoms with Crippen molar-refractivity contribution in [2.75, 3.05) is 18.0 Å². The highest BCUT2D eigenvalue weighted by Crippen LogP contribution is 2.25. The third kappa shape index (κ3) is 3.67. The van der Waals surface area contributed by atoms with E-state index in [2.05, 4.69) is 4.90 Å². The fourth-order valence-corrected chi connectivity index (χ4v) is 2.65. The third-order valence-electron chi connectivity index (χ3n) is 3.62. The largest absolute Gasteiger partial charge is 0.389 e. The maximum Gasteiger partial charge on any atom is 0.217 e. The molecule has 1 aliphatic heterocycles. The number of hydrogen-bond donors (Lipinski definition) is 2. The molecule has 1 fully saturated rings. The normalized spacial score (nSPS) is 16.3. The zero-order valence-corrected chi connectivity index (χ0v) is 11.7. The second-order valence-corrected chi connectivity index (χ2v) is 5.45. The quantitative estimate of drug-likeness (QED) is 0.816. The third-order valence-corrected chi connectivity index (χ3v) is 3.86. The van der Waals surface area contributed by atoms with Gasteiger partial charge in [0, 0.05) is 30.8 Å². The van der Waals surface area contributed by atoms with Crippen molar-refractivity contribution < 1.29 is 4.79 Å². The first-order valence-corrected chi connectivity index (χ1v) is 6.90. The summed E-state index contributed by atoms with van der Waals surface area (Å²) in [5.74, 6) is 0.240. The van der Waals surface area contributed by atoms with Gasteiger partial charge >= 0.3 is 0 Å². The lowest BCUT2D eigenvalue weighted by atomic mass is 9.93. The van der Waals surface area contributed by atoms with Crippen LogP contribution in [-0.4, -0.2) is 24.0 Å². The van der Waals surface area contributed by atoms with Crippen molar-refractivity contribution in [2.24, 2.45) is 17.4 Å². The summed E-state index contributed by atoms with van der Waals surface area (Å²) in [5, 5.41) is 0. The van der Waals surface area contributed by atoms with Crippen molar-refractivity contribution in [2.45, 2.75) is 19.3 Å². The Kier molecular flexibility index (Phi) is 4.37. The highest BCUT2D eigenvalue weighted by Gasteiger charge is 2.20. The molecule has 0 aliphatic carbocycles. The average Bonchev–Trinajstić information content (AvgIpc) is 2.39. The van der Waals surface area contributed by atoms with Crippen molar-refractivity contribution in [3.8, 4) is 0 Å². The first kappa shape index (κ1) is 13.8. The molecule has 1 heterocycles. The van der Waals surface area contributed by atoms with Crippen LogP contribution in [0.3, 0.4) is 0 Å². The van der Waals surface area contributed by atoms with Gasteiger partial charge in [-0.05, 0) is 43.0 Å². The van der Waals surface area contributed by atoms with Crippen molar-refractivity contribution in [3.63, 3.8) is 0 Å². The van der Waals surface area contributed by atoms with Crippen LogP contribution in [0.25, 0.3) is 0 Å². The molecule has 0 aromatic heterocycles. The number of rotatable bonds is 4. The number of anilines is 1. The summed E-state index contributed by atoms with van der Waals surface area (Å²) in [4.78, 5) is 13.6. The Hall–Kier alpha value is -1.62. The molecular formula is C14H19N3OS. The van der Waals surface area contributed by atoms with Crippen LogP contribution in [0.5, 0.6) is 0 Å². The fraction of sp³-hybridized carbons (Fsp3) is 0.429. The summed E-state index contributed by atoms with van der Waals surface area (Å²) in [7, 11) is 0. The van der Waals surface area contributed by atoms with E-state index in [-0.39, 0.29) is 5.91 Å². The summed E-state index contributed by atoms with van der Waals surface area (Å²) in [5.41, 5.74) is 12.9. The highest BCUT2D eigenvalue weighted by molar-refractivity contribution is 7.80. The molecule has 102 valence electrons. The van der Waals surface area contributed by atoms with Gasteiger partial charge < -0.3 is 16.4 Å². The van der Waals surface area contributed by atoms with Crippen LogP contribution in [0.2, 0.25) is 0 Å². The zero-order valence-electron chi connectivity index (χ0n) is 10.8. The lowest BCUT2D eigenvalue weighted by molar-refractivity contribution is -0.119. The van der Waals surface area contributed by atoms with Gasteiger partial charge in [0.15, 0.2) is 0 Å². The van der Waals surface area contributed by atoms with E-state index in [1.807, 2.05) is 24.3 Å². The van der Waals surface area contributed by atoms with E-state index in [1.165, 1.54) is 5.69 Å². The molecule has 0 bridgehead atoms. The summed E-state index contributed by atoms with van der Waals surface area (Å²) >= 11 is 4.94. The molecule has 0 saturated carbocycles. The maximum absolute atomic E-state index is 10.9.